The number of nitrogens with one attached hydrogen (secondary N) is 2. The summed E-state index contributed by atoms with van der Waals surface area (Å²) >= 11 is 0. The highest BCUT2D eigenvalue weighted by molar-refractivity contribution is 4.71. The Hall–Kier alpha value is -0.960. The van der Waals surface area contributed by atoms with Gasteiger partial charge in [0.15, 0.2) is 0 Å². The van der Waals surface area contributed by atoms with E-state index in [4.69, 9.17) is 4.74 Å². The highest BCUT2D eigenvalue weighted by atomic mass is 16.5. The molecule has 3 heteroatoms. The Morgan fingerprint density at radius 2 is 1.46 bits per heavy atom. The standard InChI is InChI=1S/C10H20N2O/c1-5-11-9(3)7-13-8-10(4)12-6-2/h5-6,9-12H,1-2,7-8H2,3-4H3. The highest BCUT2D eigenvalue weighted by Gasteiger charge is 2.01. The van der Waals surface area contributed by atoms with Crippen LogP contribution in [-0.4, -0.2) is 25.3 Å². The summed E-state index contributed by atoms with van der Waals surface area (Å²) in [6.07, 6.45) is 3.36. The molecule has 0 radical (unpaired) electrons. The molecule has 2 unspecified atom stereocenters. The maximum atomic E-state index is 5.44. The summed E-state index contributed by atoms with van der Waals surface area (Å²) in [4.78, 5) is 0. The fourth-order valence-corrected chi connectivity index (χ4v) is 0.920. The largest absolute Gasteiger partial charge is 0.387 e. The Labute approximate surface area is 80.9 Å². The maximum Gasteiger partial charge on any atom is 0.0665 e. The summed E-state index contributed by atoms with van der Waals surface area (Å²) in [5, 5.41) is 6.10. The summed E-state index contributed by atoms with van der Waals surface area (Å²) in [6, 6.07) is 0.627. The van der Waals surface area contributed by atoms with Gasteiger partial charge in [0, 0.05) is 12.1 Å². The van der Waals surface area contributed by atoms with Crippen LogP contribution in [0.3, 0.4) is 0 Å². The quantitative estimate of drug-likeness (QED) is 0.595. The Bertz CT molecular complexity index is 132. The molecule has 0 heterocycles. The van der Waals surface area contributed by atoms with Crippen LogP contribution >= 0.6 is 0 Å². The molecule has 13 heavy (non-hydrogen) atoms. The van der Waals surface area contributed by atoms with Gasteiger partial charge in [-0.1, -0.05) is 13.2 Å². The molecule has 76 valence electrons. The molecule has 0 aliphatic heterocycles. The van der Waals surface area contributed by atoms with E-state index in [1.807, 2.05) is 13.8 Å². The topological polar surface area (TPSA) is 33.3 Å². The minimum absolute atomic E-state index is 0.313. The van der Waals surface area contributed by atoms with Crippen molar-refractivity contribution in [3.63, 3.8) is 0 Å². The molecular formula is C10H20N2O. The second kappa shape index (κ2) is 7.68. The Morgan fingerprint density at radius 3 is 1.77 bits per heavy atom. The average Bonchev–Trinajstić information content (AvgIpc) is 2.05. The van der Waals surface area contributed by atoms with Crippen LogP contribution in [0.4, 0.5) is 0 Å². The predicted molar refractivity (Wildman–Crippen MR) is 56.4 cm³/mol. The van der Waals surface area contributed by atoms with Gasteiger partial charge in [0.1, 0.15) is 0 Å². The predicted octanol–water partition coefficient (Wildman–Crippen LogP) is 1.25. The zero-order valence-corrected chi connectivity index (χ0v) is 8.55. The molecule has 0 aromatic rings. The van der Waals surface area contributed by atoms with Crippen LogP contribution in [0, 0.1) is 0 Å². The van der Waals surface area contributed by atoms with Gasteiger partial charge in [0.2, 0.25) is 0 Å². The molecule has 2 N–H and O–H groups in total. The first-order valence-corrected chi connectivity index (χ1v) is 4.52. The number of ether oxygens (including phenoxy) is 1. The normalized spacial score (nSPS) is 14.3. The van der Waals surface area contributed by atoms with E-state index in [2.05, 4.69) is 23.8 Å². The van der Waals surface area contributed by atoms with Gasteiger partial charge in [-0.25, -0.2) is 0 Å². The smallest absolute Gasteiger partial charge is 0.0665 e. The minimum Gasteiger partial charge on any atom is -0.387 e. The van der Waals surface area contributed by atoms with Gasteiger partial charge in [-0.05, 0) is 26.2 Å². The fraction of sp³-hybridized carbons (Fsp3) is 0.600. The SMILES string of the molecule is C=CNC(C)COCC(C)NC=C. The lowest BCUT2D eigenvalue weighted by molar-refractivity contribution is 0.105. The molecule has 0 bridgehead atoms. The fourth-order valence-electron chi connectivity index (χ4n) is 0.920. The minimum atomic E-state index is 0.313. The molecule has 0 spiro atoms. The number of hydrogen-bond acceptors (Lipinski definition) is 3. The molecule has 0 saturated heterocycles. The molecule has 0 aliphatic carbocycles. The van der Waals surface area contributed by atoms with Crippen LogP contribution in [0.15, 0.2) is 25.6 Å². The van der Waals surface area contributed by atoms with Gasteiger partial charge in [0.05, 0.1) is 13.2 Å². The summed E-state index contributed by atoms with van der Waals surface area (Å²) in [6.45, 7) is 12.6. The van der Waals surface area contributed by atoms with E-state index in [-0.39, 0.29) is 0 Å². The monoisotopic (exact) mass is 184 g/mol. The highest BCUT2D eigenvalue weighted by Crippen LogP contribution is 1.88. The third-order valence-electron chi connectivity index (χ3n) is 1.54. The van der Waals surface area contributed by atoms with E-state index >= 15 is 0 Å². The molecule has 0 rings (SSSR count). The van der Waals surface area contributed by atoms with Gasteiger partial charge >= 0.3 is 0 Å². The Kier molecular flexibility index (Phi) is 7.11. The first-order chi connectivity index (χ1) is 6.20. The van der Waals surface area contributed by atoms with E-state index < -0.39 is 0 Å². The maximum absolute atomic E-state index is 5.44. The summed E-state index contributed by atoms with van der Waals surface area (Å²) in [5.74, 6) is 0. The van der Waals surface area contributed by atoms with Crippen LogP contribution in [-0.2, 0) is 4.74 Å². The third-order valence-corrected chi connectivity index (χ3v) is 1.54. The van der Waals surface area contributed by atoms with Gasteiger partial charge in [-0.2, -0.15) is 0 Å². The number of rotatable bonds is 8. The van der Waals surface area contributed by atoms with Gasteiger partial charge < -0.3 is 15.4 Å². The van der Waals surface area contributed by atoms with Gasteiger partial charge in [0.25, 0.3) is 0 Å². The molecule has 3 nitrogen and oxygen atoms in total. The van der Waals surface area contributed by atoms with Crippen molar-refractivity contribution in [3.8, 4) is 0 Å². The van der Waals surface area contributed by atoms with Crippen molar-refractivity contribution >= 4 is 0 Å². The van der Waals surface area contributed by atoms with Crippen molar-refractivity contribution in [2.75, 3.05) is 13.2 Å². The Balaban J connectivity index is 3.32. The average molecular weight is 184 g/mol. The lowest BCUT2D eigenvalue weighted by Gasteiger charge is -2.15. The molecule has 0 aliphatic rings. The summed E-state index contributed by atoms with van der Waals surface area (Å²) < 4.78 is 5.44. The Morgan fingerprint density at radius 1 is 1.08 bits per heavy atom. The molecule has 0 saturated carbocycles. The van der Waals surface area contributed by atoms with Crippen LogP contribution in [0.5, 0.6) is 0 Å². The molecule has 0 amide bonds. The third kappa shape index (κ3) is 7.40. The lowest BCUT2D eigenvalue weighted by Crippen LogP contribution is -2.31. The van der Waals surface area contributed by atoms with E-state index in [1.165, 1.54) is 0 Å². The van der Waals surface area contributed by atoms with Crippen LogP contribution in [0.25, 0.3) is 0 Å². The van der Waals surface area contributed by atoms with Crippen molar-refractivity contribution < 1.29 is 4.74 Å². The zero-order valence-electron chi connectivity index (χ0n) is 8.55. The molecule has 0 aromatic heterocycles. The van der Waals surface area contributed by atoms with Gasteiger partial charge in [-0.3, -0.25) is 0 Å². The molecule has 0 fully saturated rings. The summed E-state index contributed by atoms with van der Waals surface area (Å²) in [7, 11) is 0. The second-order valence-corrected chi connectivity index (χ2v) is 3.08. The second-order valence-electron chi connectivity index (χ2n) is 3.08. The number of hydrogen-bond donors (Lipinski definition) is 2. The van der Waals surface area contributed by atoms with E-state index in [9.17, 15) is 0 Å². The van der Waals surface area contributed by atoms with E-state index in [0.29, 0.717) is 25.3 Å². The first-order valence-electron chi connectivity index (χ1n) is 4.52. The van der Waals surface area contributed by atoms with E-state index in [0.717, 1.165) is 0 Å². The van der Waals surface area contributed by atoms with Crippen molar-refractivity contribution in [2.45, 2.75) is 25.9 Å². The van der Waals surface area contributed by atoms with Crippen molar-refractivity contribution in [1.29, 1.82) is 0 Å². The lowest BCUT2D eigenvalue weighted by atomic mass is 10.3. The molecule has 0 aromatic carbocycles. The molecule has 2 atom stereocenters. The van der Waals surface area contributed by atoms with Crippen molar-refractivity contribution in [2.24, 2.45) is 0 Å². The molecular weight excluding hydrogens is 164 g/mol. The zero-order chi connectivity index (χ0) is 10.1. The van der Waals surface area contributed by atoms with Crippen LogP contribution < -0.4 is 10.6 Å². The first kappa shape index (κ1) is 12.0. The van der Waals surface area contributed by atoms with Crippen molar-refractivity contribution in [1.82, 2.24) is 10.6 Å². The van der Waals surface area contributed by atoms with Crippen LogP contribution in [0.1, 0.15) is 13.8 Å². The van der Waals surface area contributed by atoms with Crippen LogP contribution in [0.2, 0.25) is 0 Å². The van der Waals surface area contributed by atoms with Crippen molar-refractivity contribution in [3.05, 3.63) is 25.6 Å². The van der Waals surface area contributed by atoms with Gasteiger partial charge in [-0.15, -0.1) is 0 Å². The summed E-state index contributed by atoms with van der Waals surface area (Å²) in [5.41, 5.74) is 0. The van der Waals surface area contributed by atoms with E-state index in [1.54, 1.807) is 12.4 Å².